The third-order valence-corrected chi connectivity index (χ3v) is 3.21. The number of rotatable bonds is 6. The lowest BCUT2D eigenvalue weighted by atomic mass is 9.97. The predicted octanol–water partition coefficient (Wildman–Crippen LogP) is 2.06. The number of nitrogens with zero attached hydrogens (tertiary/aromatic N) is 1. The molecule has 0 saturated carbocycles. The van der Waals surface area contributed by atoms with E-state index in [0.717, 1.165) is 13.0 Å². The Morgan fingerprint density at radius 1 is 1.28 bits per heavy atom. The fourth-order valence-corrected chi connectivity index (χ4v) is 2.18. The normalized spacial score (nSPS) is 12.5. The zero-order valence-electron chi connectivity index (χ0n) is 11.6. The second kappa shape index (κ2) is 7.17. The van der Waals surface area contributed by atoms with Crippen LogP contribution in [0.1, 0.15) is 26.3 Å². The van der Waals surface area contributed by atoms with E-state index < -0.39 is 0 Å². The number of hydrogen-bond donors (Lipinski definition) is 1. The Bertz CT molecular complexity index is 362. The van der Waals surface area contributed by atoms with Crippen LogP contribution < -0.4 is 5.73 Å². The van der Waals surface area contributed by atoms with Gasteiger partial charge in [-0.2, -0.15) is 0 Å². The minimum absolute atomic E-state index is 0.116. The molecule has 1 aromatic carbocycles. The van der Waals surface area contributed by atoms with Crippen molar-refractivity contribution in [2.24, 2.45) is 11.7 Å². The van der Waals surface area contributed by atoms with Crippen LogP contribution in [-0.2, 0) is 11.2 Å². The van der Waals surface area contributed by atoms with Gasteiger partial charge in [0.25, 0.3) is 0 Å². The van der Waals surface area contributed by atoms with Crippen LogP contribution >= 0.6 is 0 Å². The van der Waals surface area contributed by atoms with Gasteiger partial charge in [-0.1, -0.05) is 30.3 Å². The minimum atomic E-state index is -0.116. The summed E-state index contributed by atoms with van der Waals surface area (Å²) in [6, 6.07) is 10.3. The molecule has 0 fully saturated rings. The van der Waals surface area contributed by atoms with Gasteiger partial charge in [0.1, 0.15) is 0 Å². The van der Waals surface area contributed by atoms with Gasteiger partial charge in [-0.3, -0.25) is 4.79 Å². The highest BCUT2D eigenvalue weighted by Crippen LogP contribution is 2.12. The van der Waals surface area contributed by atoms with E-state index in [1.54, 1.807) is 0 Å². The second-order valence-corrected chi connectivity index (χ2v) is 4.84. The maximum Gasteiger partial charge on any atom is 0.227 e. The lowest BCUT2D eigenvalue weighted by molar-refractivity contribution is -0.136. The van der Waals surface area contributed by atoms with Gasteiger partial charge in [0.2, 0.25) is 5.91 Å². The number of carbonyl (C=O) groups excluding carboxylic acids is 1. The van der Waals surface area contributed by atoms with Crippen LogP contribution in [0.25, 0.3) is 0 Å². The molecule has 0 saturated heterocycles. The van der Waals surface area contributed by atoms with Gasteiger partial charge >= 0.3 is 0 Å². The molecule has 3 heteroatoms. The van der Waals surface area contributed by atoms with Crippen molar-refractivity contribution in [1.82, 2.24) is 4.90 Å². The van der Waals surface area contributed by atoms with Crippen LogP contribution in [0.4, 0.5) is 0 Å². The Morgan fingerprint density at radius 2 is 1.89 bits per heavy atom. The standard InChI is InChI=1S/C15H24N2O/c1-4-17(12(2)3)15(18)14(11-16)10-13-8-6-5-7-9-13/h5-9,12,14H,4,10-11,16H2,1-3H3. The van der Waals surface area contributed by atoms with Gasteiger partial charge in [-0.05, 0) is 32.8 Å². The Hall–Kier alpha value is -1.35. The topological polar surface area (TPSA) is 46.3 Å². The van der Waals surface area contributed by atoms with Gasteiger partial charge < -0.3 is 10.6 Å². The summed E-state index contributed by atoms with van der Waals surface area (Å²) >= 11 is 0. The van der Waals surface area contributed by atoms with Crippen LogP contribution in [0, 0.1) is 5.92 Å². The number of amides is 1. The highest BCUT2D eigenvalue weighted by molar-refractivity contribution is 5.79. The van der Waals surface area contributed by atoms with Crippen molar-refractivity contribution in [1.29, 1.82) is 0 Å². The average molecular weight is 248 g/mol. The predicted molar refractivity (Wildman–Crippen MR) is 75.2 cm³/mol. The van der Waals surface area contributed by atoms with E-state index in [4.69, 9.17) is 5.73 Å². The highest BCUT2D eigenvalue weighted by atomic mass is 16.2. The molecule has 0 aliphatic rings. The van der Waals surface area contributed by atoms with Crippen molar-refractivity contribution in [3.05, 3.63) is 35.9 Å². The molecule has 0 spiro atoms. The Balaban J connectivity index is 2.74. The van der Waals surface area contributed by atoms with E-state index >= 15 is 0 Å². The van der Waals surface area contributed by atoms with Gasteiger partial charge in [0, 0.05) is 19.1 Å². The Morgan fingerprint density at radius 3 is 2.33 bits per heavy atom. The average Bonchev–Trinajstić information content (AvgIpc) is 2.37. The zero-order valence-corrected chi connectivity index (χ0v) is 11.6. The van der Waals surface area contributed by atoms with Crippen molar-refractivity contribution >= 4 is 5.91 Å². The first-order valence-corrected chi connectivity index (χ1v) is 6.64. The molecule has 0 aliphatic carbocycles. The first-order chi connectivity index (χ1) is 8.60. The summed E-state index contributed by atoms with van der Waals surface area (Å²) < 4.78 is 0. The molecule has 2 N–H and O–H groups in total. The summed E-state index contributed by atoms with van der Waals surface area (Å²) in [7, 11) is 0. The number of benzene rings is 1. The molecule has 0 radical (unpaired) electrons. The van der Waals surface area contributed by atoms with E-state index in [1.807, 2.05) is 56.0 Å². The smallest absolute Gasteiger partial charge is 0.227 e. The Labute approximate surface area is 110 Å². The molecular formula is C15H24N2O. The van der Waals surface area contributed by atoms with E-state index in [2.05, 4.69) is 0 Å². The van der Waals surface area contributed by atoms with Gasteiger partial charge in [-0.25, -0.2) is 0 Å². The van der Waals surface area contributed by atoms with E-state index in [9.17, 15) is 4.79 Å². The van der Waals surface area contributed by atoms with Crippen LogP contribution in [0.5, 0.6) is 0 Å². The fraction of sp³-hybridized carbons (Fsp3) is 0.533. The number of hydrogen-bond acceptors (Lipinski definition) is 2. The summed E-state index contributed by atoms with van der Waals surface area (Å²) in [6.45, 7) is 7.22. The van der Waals surface area contributed by atoms with Crippen LogP contribution in [0.2, 0.25) is 0 Å². The molecule has 1 aromatic rings. The maximum atomic E-state index is 12.4. The summed E-state index contributed by atoms with van der Waals surface area (Å²) in [5.41, 5.74) is 6.93. The molecule has 100 valence electrons. The first-order valence-electron chi connectivity index (χ1n) is 6.64. The zero-order chi connectivity index (χ0) is 13.5. The molecule has 1 rings (SSSR count). The molecule has 1 unspecified atom stereocenters. The maximum absolute atomic E-state index is 12.4. The van der Waals surface area contributed by atoms with E-state index in [-0.39, 0.29) is 17.9 Å². The van der Waals surface area contributed by atoms with Crippen molar-refractivity contribution in [2.45, 2.75) is 33.2 Å². The molecule has 0 bridgehead atoms. The monoisotopic (exact) mass is 248 g/mol. The minimum Gasteiger partial charge on any atom is -0.340 e. The van der Waals surface area contributed by atoms with Crippen molar-refractivity contribution < 1.29 is 4.79 Å². The van der Waals surface area contributed by atoms with E-state index in [0.29, 0.717) is 6.54 Å². The van der Waals surface area contributed by atoms with Crippen LogP contribution in [0.15, 0.2) is 30.3 Å². The molecule has 0 aromatic heterocycles. The number of carbonyl (C=O) groups is 1. The molecule has 1 atom stereocenters. The van der Waals surface area contributed by atoms with E-state index in [1.165, 1.54) is 5.56 Å². The first kappa shape index (κ1) is 14.7. The molecule has 3 nitrogen and oxygen atoms in total. The quantitative estimate of drug-likeness (QED) is 0.837. The summed E-state index contributed by atoms with van der Waals surface area (Å²) in [5, 5.41) is 0. The highest BCUT2D eigenvalue weighted by Gasteiger charge is 2.24. The van der Waals surface area contributed by atoms with Crippen LogP contribution in [0.3, 0.4) is 0 Å². The number of nitrogens with two attached hydrogens (primary N) is 1. The van der Waals surface area contributed by atoms with Gasteiger partial charge in [0.05, 0.1) is 5.92 Å². The third kappa shape index (κ3) is 3.84. The Kier molecular flexibility index (Phi) is 5.86. The lowest BCUT2D eigenvalue weighted by Gasteiger charge is -2.29. The summed E-state index contributed by atoms with van der Waals surface area (Å²) in [5.74, 6) is 0.0496. The van der Waals surface area contributed by atoms with Crippen molar-refractivity contribution in [3.63, 3.8) is 0 Å². The van der Waals surface area contributed by atoms with Crippen molar-refractivity contribution in [2.75, 3.05) is 13.1 Å². The second-order valence-electron chi connectivity index (χ2n) is 4.84. The SMILES string of the molecule is CCN(C(=O)C(CN)Cc1ccccc1)C(C)C. The summed E-state index contributed by atoms with van der Waals surface area (Å²) in [4.78, 5) is 14.3. The lowest BCUT2D eigenvalue weighted by Crippen LogP contribution is -2.43. The van der Waals surface area contributed by atoms with Gasteiger partial charge in [0.15, 0.2) is 0 Å². The third-order valence-electron chi connectivity index (χ3n) is 3.21. The van der Waals surface area contributed by atoms with Crippen LogP contribution in [-0.4, -0.2) is 29.9 Å². The fourth-order valence-electron chi connectivity index (χ4n) is 2.18. The molecule has 1 amide bonds. The molecule has 18 heavy (non-hydrogen) atoms. The van der Waals surface area contributed by atoms with Crippen molar-refractivity contribution in [3.8, 4) is 0 Å². The molecule has 0 aliphatic heterocycles. The molecular weight excluding hydrogens is 224 g/mol. The molecule has 0 heterocycles. The summed E-state index contributed by atoms with van der Waals surface area (Å²) in [6.07, 6.45) is 0.722. The van der Waals surface area contributed by atoms with Gasteiger partial charge in [-0.15, -0.1) is 0 Å². The largest absolute Gasteiger partial charge is 0.340 e.